The number of hydrogen-bond donors (Lipinski definition) is 2. The fourth-order valence-corrected chi connectivity index (χ4v) is 2.35. The molecule has 0 aliphatic heterocycles. The van der Waals surface area contributed by atoms with E-state index in [1.165, 1.54) is 10.4 Å². The molecule has 0 bridgehead atoms. The fraction of sp³-hybridized carbons (Fsp3) is 0.556. The van der Waals surface area contributed by atoms with E-state index in [2.05, 4.69) is 37.6 Å². The summed E-state index contributed by atoms with van der Waals surface area (Å²) in [5, 5.41) is 2.15. The molecule has 0 fully saturated rings. The Hall–Kier alpha value is -0.380. The summed E-state index contributed by atoms with van der Waals surface area (Å²) >= 11 is 1.77. The van der Waals surface area contributed by atoms with Crippen LogP contribution < -0.4 is 11.3 Å². The second-order valence-corrected chi connectivity index (χ2v) is 4.36. The number of hydrazine groups is 1. The molecule has 0 radical (unpaired) electrons. The standard InChI is InChI=1S/C9H16N2S/c1-6(2)9(11-10)8-4-7(3)5-12-8/h4-6,9,11H,10H2,1-3H3. The molecular weight excluding hydrogens is 168 g/mol. The Morgan fingerprint density at radius 1 is 1.50 bits per heavy atom. The first-order valence-electron chi connectivity index (χ1n) is 4.16. The minimum absolute atomic E-state index is 0.295. The summed E-state index contributed by atoms with van der Waals surface area (Å²) in [6, 6.07) is 2.48. The van der Waals surface area contributed by atoms with Crippen LogP contribution in [0.2, 0.25) is 0 Å². The number of nitrogens with two attached hydrogens (primary N) is 1. The minimum atomic E-state index is 0.295. The second-order valence-electron chi connectivity index (χ2n) is 3.41. The molecule has 0 aromatic carbocycles. The normalized spacial score (nSPS) is 13.8. The van der Waals surface area contributed by atoms with Crippen molar-refractivity contribution in [2.45, 2.75) is 26.8 Å². The van der Waals surface area contributed by atoms with E-state index in [1.807, 2.05) is 0 Å². The summed E-state index contributed by atoms with van der Waals surface area (Å²) in [7, 11) is 0. The Labute approximate surface area is 77.8 Å². The van der Waals surface area contributed by atoms with Gasteiger partial charge in [0.15, 0.2) is 0 Å². The topological polar surface area (TPSA) is 38.0 Å². The highest BCUT2D eigenvalue weighted by Gasteiger charge is 2.14. The molecule has 0 aliphatic rings. The fourth-order valence-electron chi connectivity index (χ4n) is 1.22. The first-order chi connectivity index (χ1) is 5.65. The van der Waals surface area contributed by atoms with Crippen LogP contribution in [-0.4, -0.2) is 0 Å². The Morgan fingerprint density at radius 2 is 2.17 bits per heavy atom. The highest BCUT2D eigenvalue weighted by atomic mass is 32.1. The summed E-state index contributed by atoms with van der Waals surface area (Å²) in [5.74, 6) is 6.01. The van der Waals surface area contributed by atoms with E-state index in [-0.39, 0.29) is 0 Å². The Kier molecular flexibility index (Phi) is 3.26. The molecule has 12 heavy (non-hydrogen) atoms. The molecule has 1 aromatic rings. The molecule has 0 saturated carbocycles. The summed E-state index contributed by atoms with van der Waals surface area (Å²) in [6.45, 7) is 6.44. The summed E-state index contributed by atoms with van der Waals surface area (Å²) in [5.41, 5.74) is 4.16. The third-order valence-electron chi connectivity index (χ3n) is 1.90. The van der Waals surface area contributed by atoms with E-state index in [4.69, 9.17) is 5.84 Å². The highest BCUT2D eigenvalue weighted by molar-refractivity contribution is 7.10. The lowest BCUT2D eigenvalue weighted by Gasteiger charge is -2.17. The maximum absolute atomic E-state index is 5.47. The van der Waals surface area contributed by atoms with Crippen LogP contribution in [0.1, 0.15) is 30.3 Å². The first-order valence-corrected chi connectivity index (χ1v) is 5.04. The van der Waals surface area contributed by atoms with Gasteiger partial charge < -0.3 is 0 Å². The van der Waals surface area contributed by atoms with Gasteiger partial charge in [0.25, 0.3) is 0 Å². The van der Waals surface area contributed by atoms with Crippen molar-refractivity contribution in [2.24, 2.45) is 11.8 Å². The number of hydrogen-bond acceptors (Lipinski definition) is 3. The van der Waals surface area contributed by atoms with Gasteiger partial charge in [0.05, 0.1) is 6.04 Å². The molecule has 0 aliphatic carbocycles. The van der Waals surface area contributed by atoms with E-state index < -0.39 is 0 Å². The predicted octanol–water partition coefficient (Wildman–Crippen LogP) is 2.22. The van der Waals surface area contributed by atoms with Crippen LogP contribution in [0.15, 0.2) is 11.4 Å². The molecule has 3 N–H and O–H groups in total. The molecule has 1 heterocycles. The largest absolute Gasteiger partial charge is 0.271 e. The summed E-state index contributed by atoms with van der Waals surface area (Å²) in [4.78, 5) is 1.32. The molecule has 1 unspecified atom stereocenters. The monoisotopic (exact) mass is 184 g/mol. The molecular formula is C9H16N2S. The van der Waals surface area contributed by atoms with E-state index in [0.29, 0.717) is 12.0 Å². The van der Waals surface area contributed by atoms with Crippen molar-refractivity contribution in [3.8, 4) is 0 Å². The molecule has 3 heteroatoms. The van der Waals surface area contributed by atoms with Crippen molar-refractivity contribution >= 4 is 11.3 Å². The number of thiophene rings is 1. The smallest absolute Gasteiger partial charge is 0.0576 e. The molecule has 2 nitrogen and oxygen atoms in total. The van der Waals surface area contributed by atoms with Gasteiger partial charge in [0, 0.05) is 4.88 Å². The molecule has 0 spiro atoms. The van der Waals surface area contributed by atoms with Gasteiger partial charge in [-0.05, 0) is 29.9 Å². The first kappa shape index (κ1) is 9.71. The quantitative estimate of drug-likeness (QED) is 0.558. The van der Waals surface area contributed by atoms with Crippen LogP contribution in [0, 0.1) is 12.8 Å². The zero-order valence-corrected chi connectivity index (χ0v) is 8.61. The van der Waals surface area contributed by atoms with Gasteiger partial charge in [-0.3, -0.25) is 11.3 Å². The lowest BCUT2D eigenvalue weighted by atomic mass is 10.0. The zero-order valence-electron chi connectivity index (χ0n) is 7.79. The van der Waals surface area contributed by atoms with Crippen molar-refractivity contribution in [3.05, 3.63) is 21.9 Å². The van der Waals surface area contributed by atoms with Crippen LogP contribution in [0.3, 0.4) is 0 Å². The third-order valence-corrected chi connectivity index (χ3v) is 3.04. The average molecular weight is 184 g/mol. The molecule has 68 valence electrons. The Morgan fingerprint density at radius 3 is 2.50 bits per heavy atom. The van der Waals surface area contributed by atoms with Gasteiger partial charge in [-0.25, -0.2) is 0 Å². The second kappa shape index (κ2) is 4.03. The van der Waals surface area contributed by atoms with Gasteiger partial charge in [-0.1, -0.05) is 13.8 Å². The van der Waals surface area contributed by atoms with E-state index in [9.17, 15) is 0 Å². The predicted molar refractivity (Wildman–Crippen MR) is 54.0 cm³/mol. The Bertz CT molecular complexity index is 242. The van der Waals surface area contributed by atoms with E-state index in [1.54, 1.807) is 11.3 Å². The van der Waals surface area contributed by atoms with E-state index >= 15 is 0 Å². The van der Waals surface area contributed by atoms with Gasteiger partial charge in [0.1, 0.15) is 0 Å². The number of rotatable bonds is 3. The maximum Gasteiger partial charge on any atom is 0.0576 e. The molecule has 1 aromatic heterocycles. The van der Waals surface area contributed by atoms with Gasteiger partial charge in [-0.2, -0.15) is 0 Å². The number of nitrogens with one attached hydrogen (secondary N) is 1. The van der Waals surface area contributed by atoms with Crippen molar-refractivity contribution in [1.29, 1.82) is 0 Å². The van der Waals surface area contributed by atoms with Gasteiger partial charge >= 0.3 is 0 Å². The highest BCUT2D eigenvalue weighted by Crippen LogP contribution is 2.26. The SMILES string of the molecule is Cc1csc(C(NN)C(C)C)c1. The average Bonchev–Trinajstić information content (AvgIpc) is 2.37. The molecule has 1 rings (SSSR count). The van der Waals surface area contributed by atoms with Crippen molar-refractivity contribution in [1.82, 2.24) is 5.43 Å². The van der Waals surface area contributed by atoms with Crippen LogP contribution >= 0.6 is 11.3 Å². The lowest BCUT2D eigenvalue weighted by Crippen LogP contribution is -2.30. The number of aryl methyl sites for hydroxylation is 1. The van der Waals surface area contributed by atoms with Crippen LogP contribution in [0.4, 0.5) is 0 Å². The van der Waals surface area contributed by atoms with Crippen LogP contribution in [0.5, 0.6) is 0 Å². The third kappa shape index (κ3) is 2.06. The summed E-state index contributed by atoms with van der Waals surface area (Å²) < 4.78 is 0. The molecule has 0 saturated heterocycles. The minimum Gasteiger partial charge on any atom is -0.271 e. The van der Waals surface area contributed by atoms with Gasteiger partial charge in [-0.15, -0.1) is 11.3 Å². The summed E-state index contributed by atoms with van der Waals surface area (Å²) in [6.07, 6.45) is 0. The molecule has 1 atom stereocenters. The van der Waals surface area contributed by atoms with Crippen LogP contribution in [-0.2, 0) is 0 Å². The molecule has 0 amide bonds. The van der Waals surface area contributed by atoms with Crippen molar-refractivity contribution < 1.29 is 0 Å². The van der Waals surface area contributed by atoms with E-state index in [0.717, 1.165) is 0 Å². The lowest BCUT2D eigenvalue weighted by molar-refractivity contribution is 0.427. The Balaban J connectivity index is 2.80. The van der Waals surface area contributed by atoms with Crippen LogP contribution in [0.25, 0.3) is 0 Å². The maximum atomic E-state index is 5.47. The van der Waals surface area contributed by atoms with Crippen molar-refractivity contribution in [3.63, 3.8) is 0 Å². The zero-order chi connectivity index (χ0) is 9.14. The van der Waals surface area contributed by atoms with Gasteiger partial charge in [0.2, 0.25) is 0 Å². The van der Waals surface area contributed by atoms with Crippen molar-refractivity contribution in [2.75, 3.05) is 0 Å².